The average Bonchev–Trinajstić information content (AvgIpc) is 2.58. The number of hydrogen-bond donors (Lipinski definition) is 2. The van der Waals surface area contributed by atoms with Crippen molar-refractivity contribution in [3.8, 4) is 17.2 Å². The number of ether oxygens (including phenoxy) is 1. The number of amides is 1. The Labute approximate surface area is 194 Å². The molecule has 2 aromatic rings. The minimum atomic E-state index is 0.0504. The first-order valence-corrected chi connectivity index (χ1v) is 11.5. The quantitative estimate of drug-likeness (QED) is 0.270. The van der Waals surface area contributed by atoms with E-state index < -0.39 is 0 Å². The zero-order valence-corrected chi connectivity index (χ0v) is 20.8. The van der Waals surface area contributed by atoms with Crippen LogP contribution in [0.15, 0.2) is 30.3 Å². The Hall–Kier alpha value is -0.300. The fourth-order valence-electron chi connectivity index (χ4n) is 2.33. The normalized spacial score (nSPS) is 10.6. The Kier molecular flexibility index (Phi) is 9.21. The number of halogens is 3. The zero-order valence-electron chi connectivity index (χ0n) is 14.3. The van der Waals surface area contributed by atoms with Crippen LogP contribution >= 0.6 is 67.8 Å². The molecule has 0 saturated heterocycles. The summed E-state index contributed by atoms with van der Waals surface area (Å²) in [7, 11) is 0. The van der Waals surface area contributed by atoms with E-state index in [-0.39, 0.29) is 11.7 Å². The number of aromatic hydroxyl groups is 1. The van der Waals surface area contributed by atoms with Crippen molar-refractivity contribution in [2.75, 3.05) is 6.54 Å². The second kappa shape index (κ2) is 10.9. The monoisotopic (exact) mass is 691 g/mol. The first kappa shape index (κ1) is 22.0. The molecule has 0 heterocycles. The molecule has 0 unspecified atom stereocenters. The van der Waals surface area contributed by atoms with E-state index in [9.17, 15) is 9.90 Å². The molecule has 0 aliphatic rings. The molecule has 7 heteroatoms. The minimum absolute atomic E-state index is 0.0504. The SMILES string of the molecule is CCCCCNC(=O)Cc1cc(I)c(Oc2ccc(O)c(I)c2)c(I)c1. The van der Waals surface area contributed by atoms with Gasteiger partial charge in [0.1, 0.15) is 11.5 Å². The summed E-state index contributed by atoms with van der Waals surface area (Å²) in [5, 5.41) is 12.6. The fraction of sp³-hybridized carbons (Fsp3) is 0.316. The highest BCUT2D eigenvalue weighted by Gasteiger charge is 2.13. The molecule has 0 atom stereocenters. The van der Waals surface area contributed by atoms with Gasteiger partial charge in [0, 0.05) is 6.54 Å². The molecule has 0 aliphatic carbocycles. The van der Waals surface area contributed by atoms with Gasteiger partial charge in [-0.15, -0.1) is 0 Å². The lowest BCUT2D eigenvalue weighted by molar-refractivity contribution is -0.120. The zero-order chi connectivity index (χ0) is 19.1. The lowest BCUT2D eigenvalue weighted by atomic mass is 10.1. The first-order chi connectivity index (χ1) is 12.4. The Bertz CT molecular complexity index is 758. The molecule has 4 nitrogen and oxygen atoms in total. The van der Waals surface area contributed by atoms with Gasteiger partial charge in [-0.3, -0.25) is 4.79 Å². The van der Waals surface area contributed by atoms with Crippen molar-refractivity contribution < 1.29 is 14.6 Å². The summed E-state index contributed by atoms with van der Waals surface area (Å²) in [4.78, 5) is 12.1. The average molecular weight is 691 g/mol. The van der Waals surface area contributed by atoms with Gasteiger partial charge >= 0.3 is 0 Å². The van der Waals surface area contributed by atoms with Crippen molar-refractivity contribution in [1.82, 2.24) is 5.32 Å². The van der Waals surface area contributed by atoms with Gasteiger partial charge in [-0.25, -0.2) is 0 Å². The predicted molar refractivity (Wildman–Crippen MR) is 129 cm³/mol. The van der Waals surface area contributed by atoms with Crippen LogP contribution in [0.25, 0.3) is 0 Å². The van der Waals surface area contributed by atoms with E-state index in [2.05, 4.69) is 80.0 Å². The molecule has 2 aromatic carbocycles. The molecule has 0 bridgehead atoms. The maximum Gasteiger partial charge on any atom is 0.224 e. The van der Waals surface area contributed by atoms with E-state index in [4.69, 9.17) is 4.74 Å². The van der Waals surface area contributed by atoms with Crippen molar-refractivity contribution >= 4 is 73.7 Å². The van der Waals surface area contributed by atoms with Crippen LogP contribution in [0.5, 0.6) is 17.2 Å². The van der Waals surface area contributed by atoms with Crippen molar-refractivity contribution in [2.45, 2.75) is 32.6 Å². The van der Waals surface area contributed by atoms with Gasteiger partial charge in [-0.1, -0.05) is 19.8 Å². The van der Waals surface area contributed by atoms with Gasteiger partial charge in [0.25, 0.3) is 0 Å². The van der Waals surface area contributed by atoms with Gasteiger partial charge < -0.3 is 15.2 Å². The molecule has 1 amide bonds. The third-order valence-corrected chi connectivity index (χ3v) is 6.13. The van der Waals surface area contributed by atoms with Crippen LogP contribution in [0.4, 0.5) is 0 Å². The fourth-order valence-corrected chi connectivity index (χ4v) is 4.94. The molecular formula is C19H20I3NO3. The standard InChI is InChI=1S/C19H20I3NO3/c1-2-3-4-7-23-18(25)10-12-8-15(21)19(16(22)9-12)26-13-5-6-17(24)14(20)11-13/h5-6,8-9,11,24H,2-4,7,10H2,1H3,(H,23,25). The van der Waals surface area contributed by atoms with Crippen molar-refractivity contribution in [3.63, 3.8) is 0 Å². The third kappa shape index (κ3) is 6.70. The lowest BCUT2D eigenvalue weighted by Gasteiger charge is -2.13. The molecule has 2 N–H and O–H groups in total. The van der Waals surface area contributed by atoms with E-state index in [1.54, 1.807) is 18.2 Å². The summed E-state index contributed by atoms with van der Waals surface area (Å²) in [6.07, 6.45) is 3.68. The smallest absolute Gasteiger partial charge is 0.224 e. The number of nitrogens with one attached hydrogen (secondary N) is 1. The largest absolute Gasteiger partial charge is 0.507 e. The van der Waals surface area contributed by atoms with Crippen LogP contribution in [0.3, 0.4) is 0 Å². The second-order valence-corrected chi connectivity index (χ2v) is 9.32. The molecule has 140 valence electrons. The minimum Gasteiger partial charge on any atom is -0.507 e. The van der Waals surface area contributed by atoms with Gasteiger partial charge in [0.2, 0.25) is 5.91 Å². The highest BCUT2D eigenvalue weighted by Crippen LogP contribution is 2.34. The topological polar surface area (TPSA) is 58.6 Å². The van der Waals surface area contributed by atoms with Gasteiger partial charge in [0.05, 0.1) is 17.1 Å². The van der Waals surface area contributed by atoms with E-state index in [0.29, 0.717) is 12.2 Å². The molecule has 0 spiro atoms. The summed E-state index contributed by atoms with van der Waals surface area (Å²) in [6.45, 7) is 2.88. The van der Waals surface area contributed by atoms with Gasteiger partial charge in [-0.05, 0) is 110 Å². The Morgan fingerprint density at radius 3 is 2.38 bits per heavy atom. The van der Waals surface area contributed by atoms with Crippen LogP contribution in [0.2, 0.25) is 0 Å². The maximum atomic E-state index is 12.1. The number of carbonyl (C=O) groups is 1. The van der Waals surface area contributed by atoms with Crippen molar-refractivity contribution in [3.05, 3.63) is 46.6 Å². The number of hydrogen-bond acceptors (Lipinski definition) is 3. The summed E-state index contributed by atoms with van der Waals surface area (Å²) in [6, 6.07) is 9.11. The Morgan fingerprint density at radius 1 is 1.08 bits per heavy atom. The van der Waals surface area contributed by atoms with Crippen molar-refractivity contribution in [2.24, 2.45) is 0 Å². The molecule has 0 aliphatic heterocycles. The highest BCUT2D eigenvalue weighted by molar-refractivity contribution is 14.1. The molecule has 0 fully saturated rings. The maximum absolute atomic E-state index is 12.1. The van der Waals surface area contributed by atoms with E-state index in [1.807, 2.05) is 12.1 Å². The number of phenols is 1. The number of carbonyl (C=O) groups excluding carboxylic acids is 1. The number of rotatable bonds is 8. The Balaban J connectivity index is 2.05. The van der Waals surface area contributed by atoms with Gasteiger partial charge in [0.15, 0.2) is 5.75 Å². The summed E-state index contributed by atoms with van der Waals surface area (Å²) in [5.41, 5.74) is 0.972. The van der Waals surface area contributed by atoms with Crippen LogP contribution in [-0.4, -0.2) is 17.6 Å². The molecule has 0 aromatic heterocycles. The van der Waals surface area contributed by atoms with Crippen LogP contribution in [0, 0.1) is 10.7 Å². The van der Waals surface area contributed by atoms with E-state index in [0.717, 1.165) is 47.8 Å². The van der Waals surface area contributed by atoms with Crippen LogP contribution in [-0.2, 0) is 11.2 Å². The van der Waals surface area contributed by atoms with Crippen molar-refractivity contribution in [1.29, 1.82) is 0 Å². The Morgan fingerprint density at radius 2 is 1.77 bits per heavy atom. The van der Waals surface area contributed by atoms with E-state index in [1.165, 1.54) is 0 Å². The molecule has 2 rings (SSSR count). The van der Waals surface area contributed by atoms with Gasteiger partial charge in [-0.2, -0.15) is 0 Å². The summed E-state index contributed by atoms with van der Waals surface area (Å²) >= 11 is 6.52. The molecule has 26 heavy (non-hydrogen) atoms. The number of unbranched alkanes of at least 4 members (excludes halogenated alkanes) is 2. The first-order valence-electron chi connectivity index (χ1n) is 8.31. The van der Waals surface area contributed by atoms with E-state index >= 15 is 0 Å². The predicted octanol–water partition coefficient (Wildman–Crippen LogP) is 5.85. The second-order valence-electron chi connectivity index (χ2n) is 5.84. The molecular weight excluding hydrogens is 671 g/mol. The molecule has 0 radical (unpaired) electrons. The summed E-state index contributed by atoms with van der Waals surface area (Å²) < 4.78 is 8.63. The highest BCUT2D eigenvalue weighted by atomic mass is 127. The van der Waals surface area contributed by atoms with Crippen LogP contribution in [0.1, 0.15) is 31.7 Å². The lowest BCUT2D eigenvalue weighted by Crippen LogP contribution is -2.26. The summed E-state index contributed by atoms with van der Waals surface area (Å²) in [5.74, 6) is 1.72. The molecule has 0 saturated carbocycles. The number of benzene rings is 2. The third-order valence-electron chi connectivity index (χ3n) is 3.66. The van der Waals surface area contributed by atoms with Crippen LogP contribution < -0.4 is 10.1 Å². The number of phenolic OH excluding ortho intramolecular Hbond substituents is 1.